The van der Waals surface area contributed by atoms with E-state index in [9.17, 15) is 5.11 Å². The fourth-order valence-corrected chi connectivity index (χ4v) is 4.25. The van der Waals surface area contributed by atoms with Crippen LogP contribution in [0.2, 0.25) is 0 Å². The van der Waals surface area contributed by atoms with Gasteiger partial charge in [0.15, 0.2) is 0 Å². The molecular weight excluding hydrogens is 374 g/mol. The summed E-state index contributed by atoms with van der Waals surface area (Å²) in [5.74, 6) is 1.61. The Morgan fingerprint density at radius 3 is 2.53 bits per heavy atom. The van der Waals surface area contributed by atoms with Crippen molar-refractivity contribution in [2.24, 2.45) is 0 Å². The standard InChI is InChI=1S/C25H29N3O2/c1-5-20-23(18-12-11-17(30-4)13-15(18)3)26-21(6-2)25(27-20)28-24-19-10-8-7-9-16(19)14-22(24)29/h7-13,22,24,29H,5-6,14H2,1-4H3,(H,27,28). The van der Waals surface area contributed by atoms with E-state index < -0.39 is 6.10 Å². The van der Waals surface area contributed by atoms with Crippen molar-refractivity contribution >= 4 is 5.82 Å². The molecule has 0 bridgehead atoms. The second-order valence-corrected chi connectivity index (χ2v) is 7.79. The summed E-state index contributed by atoms with van der Waals surface area (Å²) >= 11 is 0. The van der Waals surface area contributed by atoms with E-state index in [2.05, 4.69) is 44.3 Å². The molecule has 0 fully saturated rings. The molecule has 5 nitrogen and oxygen atoms in total. The monoisotopic (exact) mass is 403 g/mol. The Morgan fingerprint density at radius 2 is 1.83 bits per heavy atom. The third-order valence-electron chi connectivity index (χ3n) is 5.89. The number of rotatable bonds is 6. The number of nitrogens with one attached hydrogen (secondary N) is 1. The molecule has 0 radical (unpaired) electrons. The molecule has 156 valence electrons. The largest absolute Gasteiger partial charge is 0.497 e. The van der Waals surface area contributed by atoms with E-state index in [0.29, 0.717) is 6.42 Å². The molecule has 4 rings (SSSR count). The van der Waals surface area contributed by atoms with E-state index in [1.807, 2.05) is 24.3 Å². The first-order valence-electron chi connectivity index (χ1n) is 10.6. The molecule has 1 aromatic heterocycles. The van der Waals surface area contributed by atoms with Gasteiger partial charge in [0.1, 0.15) is 11.6 Å². The highest BCUT2D eigenvalue weighted by molar-refractivity contribution is 5.68. The Labute approximate surface area is 178 Å². The minimum absolute atomic E-state index is 0.168. The summed E-state index contributed by atoms with van der Waals surface area (Å²) in [6, 6.07) is 14.1. The van der Waals surface area contributed by atoms with Crippen molar-refractivity contribution < 1.29 is 9.84 Å². The molecule has 2 atom stereocenters. The van der Waals surface area contributed by atoms with Gasteiger partial charge in [0.25, 0.3) is 0 Å². The number of benzene rings is 2. The van der Waals surface area contributed by atoms with Crippen molar-refractivity contribution in [1.82, 2.24) is 9.97 Å². The van der Waals surface area contributed by atoms with Crippen LogP contribution in [0.4, 0.5) is 5.82 Å². The lowest BCUT2D eigenvalue weighted by molar-refractivity contribution is 0.165. The zero-order valence-electron chi connectivity index (χ0n) is 18.1. The van der Waals surface area contributed by atoms with Gasteiger partial charge in [0.2, 0.25) is 0 Å². The lowest BCUT2D eigenvalue weighted by atomic mass is 10.0. The highest BCUT2D eigenvalue weighted by Gasteiger charge is 2.31. The summed E-state index contributed by atoms with van der Waals surface area (Å²) in [6.45, 7) is 6.26. The van der Waals surface area contributed by atoms with E-state index in [4.69, 9.17) is 14.7 Å². The average Bonchev–Trinajstić information content (AvgIpc) is 3.08. The SMILES string of the molecule is CCc1nc(-c2ccc(OC)cc2C)c(CC)nc1NC1c2ccccc2CC1O. The van der Waals surface area contributed by atoms with Crippen LogP contribution in [0.3, 0.4) is 0 Å². The molecule has 1 aliphatic carbocycles. The summed E-state index contributed by atoms with van der Waals surface area (Å²) in [5.41, 5.74) is 7.30. The van der Waals surface area contributed by atoms with Crippen LogP contribution in [0.25, 0.3) is 11.3 Å². The van der Waals surface area contributed by atoms with Crippen LogP contribution in [0.1, 0.15) is 48.0 Å². The third-order valence-corrected chi connectivity index (χ3v) is 5.89. The molecule has 2 aromatic carbocycles. The normalized spacial score (nSPS) is 17.6. The lowest BCUT2D eigenvalue weighted by Gasteiger charge is -2.22. The summed E-state index contributed by atoms with van der Waals surface area (Å²) in [7, 11) is 1.68. The molecule has 30 heavy (non-hydrogen) atoms. The smallest absolute Gasteiger partial charge is 0.148 e. The molecule has 0 aliphatic heterocycles. The zero-order chi connectivity index (χ0) is 21.3. The van der Waals surface area contributed by atoms with Crippen molar-refractivity contribution in [3.63, 3.8) is 0 Å². The van der Waals surface area contributed by atoms with Gasteiger partial charge in [0, 0.05) is 12.0 Å². The Hall–Kier alpha value is -2.92. The van der Waals surface area contributed by atoms with Gasteiger partial charge in [-0.05, 0) is 54.7 Å². The predicted octanol–water partition coefficient (Wildman–Crippen LogP) is 4.66. The minimum atomic E-state index is -0.470. The van der Waals surface area contributed by atoms with Gasteiger partial charge in [-0.25, -0.2) is 9.97 Å². The van der Waals surface area contributed by atoms with Crippen molar-refractivity contribution in [2.45, 2.75) is 52.2 Å². The maximum absolute atomic E-state index is 10.7. The molecule has 0 spiro atoms. The van der Waals surface area contributed by atoms with Gasteiger partial charge in [-0.1, -0.05) is 38.1 Å². The van der Waals surface area contributed by atoms with Crippen LogP contribution in [0, 0.1) is 6.92 Å². The fourth-order valence-electron chi connectivity index (χ4n) is 4.25. The first kappa shape index (κ1) is 20.4. The summed E-state index contributed by atoms with van der Waals surface area (Å²) in [6.07, 6.45) is 1.72. The number of ether oxygens (including phenoxy) is 1. The maximum Gasteiger partial charge on any atom is 0.148 e. The van der Waals surface area contributed by atoms with E-state index in [0.717, 1.165) is 58.2 Å². The molecule has 3 aromatic rings. The Morgan fingerprint density at radius 1 is 1.07 bits per heavy atom. The zero-order valence-corrected chi connectivity index (χ0v) is 18.1. The molecule has 2 unspecified atom stereocenters. The average molecular weight is 404 g/mol. The maximum atomic E-state index is 10.7. The number of aliphatic hydroxyl groups is 1. The van der Waals surface area contributed by atoms with Gasteiger partial charge < -0.3 is 15.2 Å². The predicted molar refractivity (Wildman–Crippen MR) is 120 cm³/mol. The van der Waals surface area contributed by atoms with Gasteiger partial charge in [-0.15, -0.1) is 0 Å². The summed E-state index contributed by atoms with van der Waals surface area (Å²) < 4.78 is 5.35. The summed E-state index contributed by atoms with van der Waals surface area (Å²) in [4.78, 5) is 10.0. The number of methoxy groups -OCH3 is 1. The number of aliphatic hydroxyl groups excluding tert-OH is 1. The van der Waals surface area contributed by atoms with Crippen molar-refractivity contribution in [1.29, 1.82) is 0 Å². The van der Waals surface area contributed by atoms with Crippen LogP contribution in [0.5, 0.6) is 5.75 Å². The topological polar surface area (TPSA) is 67.3 Å². The number of aryl methyl sites for hydroxylation is 3. The fraction of sp³-hybridized carbons (Fsp3) is 0.360. The molecule has 0 saturated heterocycles. The summed E-state index contributed by atoms with van der Waals surface area (Å²) in [5, 5.41) is 14.2. The van der Waals surface area contributed by atoms with E-state index in [1.54, 1.807) is 7.11 Å². The molecule has 1 aliphatic rings. The second-order valence-electron chi connectivity index (χ2n) is 7.79. The number of anilines is 1. The first-order chi connectivity index (χ1) is 14.5. The van der Waals surface area contributed by atoms with Gasteiger partial charge in [-0.3, -0.25) is 0 Å². The quantitative estimate of drug-likeness (QED) is 0.627. The molecule has 2 N–H and O–H groups in total. The van der Waals surface area contributed by atoms with Crippen LogP contribution in [0.15, 0.2) is 42.5 Å². The number of hydrogen-bond acceptors (Lipinski definition) is 5. The minimum Gasteiger partial charge on any atom is -0.497 e. The first-order valence-corrected chi connectivity index (χ1v) is 10.6. The van der Waals surface area contributed by atoms with E-state index >= 15 is 0 Å². The third kappa shape index (κ3) is 3.65. The molecular formula is C25H29N3O2. The van der Waals surface area contributed by atoms with Crippen LogP contribution >= 0.6 is 0 Å². The Balaban J connectivity index is 1.74. The highest BCUT2D eigenvalue weighted by Crippen LogP contribution is 2.35. The van der Waals surface area contributed by atoms with Crippen LogP contribution < -0.4 is 10.1 Å². The van der Waals surface area contributed by atoms with E-state index in [1.165, 1.54) is 5.56 Å². The van der Waals surface area contributed by atoms with Gasteiger partial charge in [-0.2, -0.15) is 0 Å². The van der Waals surface area contributed by atoms with Crippen LogP contribution in [-0.2, 0) is 19.3 Å². The highest BCUT2D eigenvalue weighted by atomic mass is 16.5. The second kappa shape index (κ2) is 8.44. The Kier molecular flexibility index (Phi) is 5.73. The number of fused-ring (bicyclic) bond motifs is 1. The molecule has 5 heteroatoms. The van der Waals surface area contributed by atoms with Crippen molar-refractivity contribution in [3.05, 3.63) is 70.5 Å². The van der Waals surface area contributed by atoms with Gasteiger partial charge >= 0.3 is 0 Å². The van der Waals surface area contributed by atoms with Crippen molar-refractivity contribution in [2.75, 3.05) is 12.4 Å². The van der Waals surface area contributed by atoms with Crippen LogP contribution in [-0.4, -0.2) is 28.3 Å². The number of nitrogens with zero attached hydrogens (tertiary/aromatic N) is 2. The number of aromatic nitrogens is 2. The lowest BCUT2D eigenvalue weighted by Crippen LogP contribution is -2.23. The number of hydrogen-bond donors (Lipinski definition) is 2. The molecule has 1 heterocycles. The molecule has 0 saturated carbocycles. The van der Waals surface area contributed by atoms with Crippen molar-refractivity contribution in [3.8, 4) is 17.0 Å². The van der Waals surface area contributed by atoms with Gasteiger partial charge in [0.05, 0.1) is 36.3 Å². The Bertz CT molecular complexity index is 1060. The van der Waals surface area contributed by atoms with E-state index in [-0.39, 0.29) is 6.04 Å². The molecule has 0 amide bonds.